The fourth-order valence-electron chi connectivity index (χ4n) is 2.46. The lowest BCUT2D eigenvalue weighted by Crippen LogP contribution is -2.47. The van der Waals surface area contributed by atoms with Gasteiger partial charge >= 0.3 is 0 Å². The van der Waals surface area contributed by atoms with Gasteiger partial charge in [-0.1, -0.05) is 12.1 Å². The Bertz CT molecular complexity index is 645. The lowest BCUT2D eigenvalue weighted by molar-refractivity contribution is -0.0406. The van der Waals surface area contributed by atoms with Crippen LogP contribution in [0.5, 0.6) is 11.5 Å². The highest BCUT2D eigenvalue weighted by Crippen LogP contribution is 2.26. The number of rotatable bonds is 5. The Kier molecular flexibility index (Phi) is 4.77. The van der Waals surface area contributed by atoms with Crippen LogP contribution in [0.15, 0.2) is 36.7 Å². The molecule has 7 heteroatoms. The van der Waals surface area contributed by atoms with Gasteiger partial charge in [0.1, 0.15) is 12.7 Å². The number of aromatic nitrogens is 2. The van der Waals surface area contributed by atoms with Crippen LogP contribution in [-0.4, -0.2) is 60.3 Å². The normalized spacial score (nSPS) is 17.8. The monoisotopic (exact) mass is 317 g/mol. The molecule has 1 aromatic heterocycles. The molecule has 2 aromatic rings. The third-order valence-corrected chi connectivity index (χ3v) is 3.62. The molecule has 0 bridgehead atoms. The predicted molar refractivity (Wildman–Crippen MR) is 82.7 cm³/mol. The topological polar surface area (TPSA) is 76.7 Å². The molecule has 1 amide bonds. The summed E-state index contributed by atoms with van der Waals surface area (Å²) in [5.74, 6) is 1.55. The first-order valence-corrected chi connectivity index (χ1v) is 7.44. The van der Waals surface area contributed by atoms with Crippen LogP contribution >= 0.6 is 0 Å². The maximum atomic E-state index is 12.3. The first-order valence-electron chi connectivity index (χ1n) is 7.44. The largest absolute Gasteiger partial charge is 0.493 e. The Hall–Kier alpha value is -2.54. The van der Waals surface area contributed by atoms with Crippen molar-refractivity contribution >= 4 is 5.91 Å². The second-order valence-corrected chi connectivity index (χ2v) is 5.14. The van der Waals surface area contributed by atoms with E-state index in [9.17, 15) is 4.79 Å². The maximum absolute atomic E-state index is 12.3. The van der Waals surface area contributed by atoms with E-state index in [4.69, 9.17) is 14.2 Å². The highest BCUT2D eigenvalue weighted by Gasteiger charge is 2.26. The van der Waals surface area contributed by atoms with E-state index in [1.165, 1.54) is 0 Å². The molecule has 0 aliphatic carbocycles. The van der Waals surface area contributed by atoms with Gasteiger partial charge in [-0.15, -0.1) is 0 Å². The number of aromatic amines is 1. The number of nitrogens with one attached hydrogen (secondary N) is 1. The third-order valence-electron chi connectivity index (χ3n) is 3.62. The SMILES string of the molecule is COc1ccccc1OCC1CN(C(=O)c2ncc[nH]2)CCO1. The van der Waals surface area contributed by atoms with E-state index in [-0.39, 0.29) is 12.0 Å². The Balaban J connectivity index is 1.57. The zero-order valence-corrected chi connectivity index (χ0v) is 12.9. The number of methoxy groups -OCH3 is 1. The van der Waals surface area contributed by atoms with Crippen molar-refractivity contribution in [2.45, 2.75) is 6.10 Å². The predicted octanol–water partition coefficient (Wildman–Crippen LogP) is 1.34. The van der Waals surface area contributed by atoms with Gasteiger partial charge in [-0.25, -0.2) is 4.98 Å². The Morgan fingerprint density at radius 2 is 2.26 bits per heavy atom. The van der Waals surface area contributed by atoms with Crippen molar-refractivity contribution in [3.05, 3.63) is 42.5 Å². The number of amides is 1. The van der Waals surface area contributed by atoms with Crippen LogP contribution in [0.4, 0.5) is 0 Å². The molecule has 1 fully saturated rings. The van der Waals surface area contributed by atoms with Gasteiger partial charge in [-0.05, 0) is 12.1 Å². The standard InChI is InChI=1S/C16H19N3O4/c1-21-13-4-2-3-5-14(13)23-11-12-10-19(8-9-22-12)16(20)15-17-6-7-18-15/h2-7,12H,8-11H2,1H3,(H,17,18). The number of benzene rings is 1. The molecule has 7 nitrogen and oxygen atoms in total. The number of hydrogen-bond acceptors (Lipinski definition) is 5. The Morgan fingerprint density at radius 3 is 3.00 bits per heavy atom. The van der Waals surface area contributed by atoms with Gasteiger partial charge in [0, 0.05) is 18.9 Å². The summed E-state index contributed by atoms with van der Waals surface area (Å²) in [5.41, 5.74) is 0. The van der Waals surface area contributed by atoms with Gasteiger partial charge in [-0.2, -0.15) is 0 Å². The smallest absolute Gasteiger partial charge is 0.289 e. The molecule has 3 rings (SSSR count). The molecule has 0 spiro atoms. The molecule has 1 aliphatic heterocycles. The number of imidazole rings is 1. The van der Waals surface area contributed by atoms with E-state index in [0.29, 0.717) is 43.6 Å². The fourth-order valence-corrected chi connectivity index (χ4v) is 2.46. The van der Waals surface area contributed by atoms with Crippen LogP contribution in [0, 0.1) is 0 Å². The molecule has 23 heavy (non-hydrogen) atoms. The minimum absolute atomic E-state index is 0.124. The number of hydrogen-bond donors (Lipinski definition) is 1. The quantitative estimate of drug-likeness (QED) is 0.900. The first kappa shape index (κ1) is 15.4. The fraction of sp³-hybridized carbons (Fsp3) is 0.375. The summed E-state index contributed by atoms with van der Waals surface area (Å²) in [6.07, 6.45) is 3.01. The van der Waals surface area contributed by atoms with Crippen molar-refractivity contribution in [1.82, 2.24) is 14.9 Å². The number of ether oxygens (including phenoxy) is 3. The second-order valence-electron chi connectivity index (χ2n) is 5.14. The van der Waals surface area contributed by atoms with Crippen molar-refractivity contribution in [1.29, 1.82) is 0 Å². The maximum Gasteiger partial charge on any atom is 0.289 e. The highest BCUT2D eigenvalue weighted by atomic mass is 16.5. The lowest BCUT2D eigenvalue weighted by atomic mass is 10.2. The van der Waals surface area contributed by atoms with Crippen molar-refractivity contribution in [3.8, 4) is 11.5 Å². The summed E-state index contributed by atoms with van der Waals surface area (Å²) in [6.45, 7) is 1.84. The van der Waals surface area contributed by atoms with Gasteiger partial charge < -0.3 is 24.1 Å². The molecule has 1 aliphatic rings. The van der Waals surface area contributed by atoms with Gasteiger partial charge in [-0.3, -0.25) is 4.79 Å². The van der Waals surface area contributed by atoms with Crippen LogP contribution in [-0.2, 0) is 4.74 Å². The van der Waals surface area contributed by atoms with Crippen molar-refractivity contribution < 1.29 is 19.0 Å². The number of carbonyl (C=O) groups is 1. The average molecular weight is 317 g/mol. The number of carbonyl (C=O) groups excluding carboxylic acids is 1. The van der Waals surface area contributed by atoms with E-state index in [1.807, 2.05) is 24.3 Å². The summed E-state index contributed by atoms with van der Waals surface area (Å²) < 4.78 is 16.7. The van der Waals surface area contributed by atoms with E-state index < -0.39 is 0 Å². The third kappa shape index (κ3) is 3.62. The number of nitrogens with zero attached hydrogens (tertiary/aromatic N) is 2. The molecule has 1 atom stereocenters. The molecule has 122 valence electrons. The molecule has 1 unspecified atom stereocenters. The molecule has 1 saturated heterocycles. The molecule has 1 N–H and O–H groups in total. The van der Waals surface area contributed by atoms with Gasteiger partial charge in [0.25, 0.3) is 5.91 Å². The lowest BCUT2D eigenvalue weighted by Gasteiger charge is -2.32. The Morgan fingerprint density at radius 1 is 1.43 bits per heavy atom. The van der Waals surface area contributed by atoms with E-state index in [2.05, 4.69) is 9.97 Å². The van der Waals surface area contributed by atoms with Crippen LogP contribution in [0.2, 0.25) is 0 Å². The second kappa shape index (κ2) is 7.15. The van der Waals surface area contributed by atoms with Crippen LogP contribution in [0.3, 0.4) is 0 Å². The van der Waals surface area contributed by atoms with Gasteiger partial charge in [0.15, 0.2) is 17.3 Å². The number of para-hydroxylation sites is 2. The van der Waals surface area contributed by atoms with Crippen LogP contribution in [0.25, 0.3) is 0 Å². The highest BCUT2D eigenvalue weighted by molar-refractivity contribution is 5.90. The summed E-state index contributed by atoms with van der Waals surface area (Å²) in [6, 6.07) is 7.44. The van der Waals surface area contributed by atoms with Crippen molar-refractivity contribution in [2.24, 2.45) is 0 Å². The Labute approximate surface area is 134 Å². The van der Waals surface area contributed by atoms with E-state index in [1.54, 1.807) is 24.4 Å². The van der Waals surface area contributed by atoms with Gasteiger partial charge in [0.2, 0.25) is 0 Å². The zero-order chi connectivity index (χ0) is 16.1. The first-order chi connectivity index (χ1) is 11.3. The molecule has 0 saturated carbocycles. The molecule has 2 heterocycles. The van der Waals surface area contributed by atoms with E-state index in [0.717, 1.165) is 0 Å². The summed E-state index contributed by atoms with van der Waals surface area (Å²) >= 11 is 0. The summed E-state index contributed by atoms with van der Waals surface area (Å²) in [7, 11) is 1.60. The molecule has 0 radical (unpaired) electrons. The molecular weight excluding hydrogens is 298 g/mol. The number of H-pyrrole nitrogens is 1. The van der Waals surface area contributed by atoms with Gasteiger partial charge in [0.05, 0.1) is 20.3 Å². The molecular formula is C16H19N3O4. The van der Waals surface area contributed by atoms with Crippen molar-refractivity contribution in [3.63, 3.8) is 0 Å². The van der Waals surface area contributed by atoms with Crippen LogP contribution < -0.4 is 9.47 Å². The van der Waals surface area contributed by atoms with Crippen molar-refractivity contribution in [2.75, 3.05) is 33.4 Å². The minimum Gasteiger partial charge on any atom is -0.493 e. The number of morpholine rings is 1. The average Bonchev–Trinajstić information content (AvgIpc) is 3.14. The van der Waals surface area contributed by atoms with Crippen LogP contribution in [0.1, 0.15) is 10.6 Å². The molecule has 1 aromatic carbocycles. The summed E-state index contributed by atoms with van der Waals surface area (Å²) in [4.78, 5) is 20.8. The zero-order valence-electron chi connectivity index (χ0n) is 12.9. The summed E-state index contributed by atoms with van der Waals surface area (Å²) in [5, 5.41) is 0. The minimum atomic E-state index is -0.187. The van der Waals surface area contributed by atoms with E-state index >= 15 is 0 Å².